The summed E-state index contributed by atoms with van der Waals surface area (Å²) in [4.78, 5) is 12.3. The smallest absolute Gasteiger partial charge is 0.331 e. The molecule has 1 saturated heterocycles. The van der Waals surface area contributed by atoms with E-state index in [9.17, 15) is 9.90 Å². The Labute approximate surface area is 175 Å². The number of esters is 1. The zero-order valence-corrected chi connectivity index (χ0v) is 18.5. The normalized spacial score (nSPS) is 34.9. The van der Waals surface area contributed by atoms with Crippen LogP contribution in [-0.4, -0.2) is 35.5 Å². The average Bonchev–Trinajstić information content (AvgIpc) is 3.28. The standard InChI is InChI=1S/C25H36O4/c1-18(2)8-7-13-24(5)14-11-20(17-26)9-10-22-25(6,29-22)21(12-15-24)28-23(27)16-19(3)4/h7-8,11-12,15-16,21-22,26H,1,9-10,13-14,17H2,2-6H3/b8-7+,15-12+,20-11-/t21-,22+,24+,25+/m1/s1. The molecule has 0 bridgehead atoms. The van der Waals surface area contributed by atoms with Crippen LogP contribution in [0.3, 0.4) is 0 Å². The molecule has 2 aliphatic rings. The molecular weight excluding hydrogens is 364 g/mol. The zero-order valence-electron chi connectivity index (χ0n) is 18.5. The van der Waals surface area contributed by atoms with E-state index in [1.54, 1.807) is 0 Å². The van der Waals surface area contributed by atoms with Gasteiger partial charge >= 0.3 is 5.97 Å². The molecule has 29 heavy (non-hydrogen) atoms. The van der Waals surface area contributed by atoms with Gasteiger partial charge in [-0.15, -0.1) is 0 Å². The third-order valence-corrected chi connectivity index (χ3v) is 5.64. The lowest BCUT2D eigenvalue weighted by Crippen LogP contribution is -2.32. The van der Waals surface area contributed by atoms with Gasteiger partial charge in [-0.1, -0.05) is 49.0 Å². The van der Waals surface area contributed by atoms with E-state index < -0.39 is 11.7 Å². The first-order chi connectivity index (χ1) is 13.6. The number of carbonyl (C=O) groups excluding carboxylic acids is 1. The van der Waals surface area contributed by atoms with Crippen molar-refractivity contribution in [2.45, 2.75) is 78.1 Å². The van der Waals surface area contributed by atoms with Crippen LogP contribution in [-0.2, 0) is 14.3 Å². The van der Waals surface area contributed by atoms with Gasteiger partial charge in [-0.25, -0.2) is 4.79 Å². The van der Waals surface area contributed by atoms with E-state index in [-0.39, 0.29) is 24.1 Å². The Morgan fingerprint density at radius 1 is 1.38 bits per heavy atom. The first-order valence-corrected chi connectivity index (χ1v) is 10.4. The van der Waals surface area contributed by atoms with E-state index in [1.165, 1.54) is 6.08 Å². The molecule has 1 aliphatic carbocycles. The number of aliphatic hydroxyl groups is 1. The van der Waals surface area contributed by atoms with Crippen LogP contribution in [0, 0.1) is 5.41 Å². The van der Waals surface area contributed by atoms with Gasteiger partial charge in [0, 0.05) is 6.08 Å². The first kappa shape index (κ1) is 23.4. The van der Waals surface area contributed by atoms with Crippen molar-refractivity contribution in [3.05, 3.63) is 59.8 Å². The van der Waals surface area contributed by atoms with Crippen molar-refractivity contribution < 1.29 is 19.4 Å². The van der Waals surface area contributed by atoms with Gasteiger partial charge in [0.1, 0.15) is 5.60 Å². The molecule has 0 spiro atoms. The fourth-order valence-corrected chi connectivity index (χ4v) is 3.62. The van der Waals surface area contributed by atoms with Gasteiger partial charge in [-0.3, -0.25) is 0 Å². The topological polar surface area (TPSA) is 59.1 Å². The van der Waals surface area contributed by atoms with Crippen molar-refractivity contribution >= 4 is 5.97 Å². The van der Waals surface area contributed by atoms with Gasteiger partial charge in [-0.2, -0.15) is 0 Å². The molecule has 4 heteroatoms. The second-order valence-corrected chi connectivity index (χ2v) is 9.10. The largest absolute Gasteiger partial charge is 0.452 e. The van der Waals surface area contributed by atoms with Crippen LogP contribution in [0.25, 0.3) is 0 Å². The van der Waals surface area contributed by atoms with Crippen molar-refractivity contribution in [2.24, 2.45) is 5.41 Å². The summed E-state index contributed by atoms with van der Waals surface area (Å²) in [5, 5.41) is 9.75. The Balaban J connectivity index is 2.32. The molecule has 0 radical (unpaired) electrons. The lowest BCUT2D eigenvalue weighted by Gasteiger charge is -2.25. The predicted molar refractivity (Wildman–Crippen MR) is 117 cm³/mol. The van der Waals surface area contributed by atoms with E-state index in [1.807, 2.05) is 39.8 Å². The van der Waals surface area contributed by atoms with Crippen molar-refractivity contribution in [3.63, 3.8) is 0 Å². The van der Waals surface area contributed by atoms with Gasteiger partial charge in [0.15, 0.2) is 6.10 Å². The van der Waals surface area contributed by atoms with Crippen molar-refractivity contribution in [1.82, 2.24) is 0 Å². The molecule has 1 fully saturated rings. The molecule has 1 heterocycles. The second-order valence-electron chi connectivity index (χ2n) is 9.10. The average molecular weight is 401 g/mol. The Morgan fingerprint density at radius 2 is 2.10 bits per heavy atom. The monoisotopic (exact) mass is 400 g/mol. The lowest BCUT2D eigenvalue weighted by molar-refractivity contribution is -0.143. The van der Waals surface area contributed by atoms with E-state index in [2.05, 4.69) is 31.7 Å². The number of rotatable bonds is 6. The number of carbonyl (C=O) groups is 1. The summed E-state index contributed by atoms with van der Waals surface area (Å²) >= 11 is 0. The van der Waals surface area contributed by atoms with Gasteiger partial charge in [0.25, 0.3) is 0 Å². The molecule has 0 unspecified atom stereocenters. The number of fused-ring (bicyclic) bond motifs is 1. The molecular formula is C25H36O4. The van der Waals surface area contributed by atoms with Crippen molar-refractivity contribution in [2.75, 3.05) is 6.61 Å². The molecule has 4 nitrogen and oxygen atoms in total. The molecule has 0 saturated carbocycles. The summed E-state index contributed by atoms with van der Waals surface area (Å²) in [5.74, 6) is -0.344. The molecule has 1 N–H and O–H groups in total. The summed E-state index contributed by atoms with van der Waals surface area (Å²) in [6.45, 7) is 13.9. The number of hydrogen-bond donors (Lipinski definition) is 1. The summed E-state index contributed by atoms with van der Waals surface area (Å²) in [7, 11) is 0. The Morgan fingerprint density at radius 3 is 2.72 bits per heavy atom. The third-order valence-electron chi connectivity index (χ3n) is 5.64. The van der Waals surface area contributed by atoms with Crippen LogP contribution in [0.15, 0.2) is 59.8 Å². The summed E-state index contributed by atoms with van der Waals surface area (Å²) in [5.41, 5.74) is 2.25. The van der Waals surface area contributed by atoms with E-state index in [4.69, 9.17) is 9.47 Å². The molecule has 0 aromatic rings. The van der Waals surface area contributed by atoms with Gasteiger partial charge in [-0.05, 0) is 70.4 Å². The maximum absolute atomic E-state index is 12.3. The highest BCUT2D eigenvalue weighted by Crippen LogP contribution is 2.45. The van der Waals surface area contributed by atoms with Gasteiger partial charge < -0.3 is 14.6 Å². The van der Waals surface area contributed by atoms with Gasteiger partial charge in [0.2, 0.25) is 0 Å². The Hall–Kier alpha value is -1.91. The summed E-state index contributed by atoms with van der Waals surface area (Å²) in [6, 6.07) is 0. The van der Waals surface area contributed by atoms with Crippen LogP contribution < -0.4 is 0 Å². The van der Waals surface area contributed by atoms with Gasteiger partial charge in [0.05, 0.1) is 12.7 Å². The second kappa shape index (κ2) is 9.73. The molecule has 4 atom stereocenters. The van der Waals surface area contributed by atoms with Crippen LogP contribution in [0.2, 0.25) is 0 Å². The number of ether oxygens (including phenoxy) is 2. The number of aliphatic hydroxyl groups excluding tert-OH is 1. The minimum Gasteiger partial charge on any atom is -0.452 e. The quantitative estimate of drug-likeness (QED) is 0.219. The minimum absolute atomic E-state index is 0.0132. The number of hydrogen-bond acceptors (Lipinski definition) is 4. The molecule has 0 amide bonds. The molecule has 0 aromatic heterocycles. The van der Waals surface area contributed by atoms with Crippen LogP contribution in [0.1, 0.15) is 60.3 Å². The zero-order chi connectivity index (χ0) is 21.7. The Kier molecular flexibility index (Phi) is 7.84. The highest BCUT2D eigenvalue weighted by molar-refractivity contribution is 5.83. The van der Waals surface area contributed by atoms with E-state index >= 15 is 0 Å². The van der Waals surface area contributed by atoms with Crippen LogP contribution >= 0.6 is 0 Å². The van der Waals surface area contributed by atoms with Crippen LogP contribution in [0.5, 0.6) is 0 Å². The number of epoxide rings is 1. The molecule has 160 valence electrons. The fraction of sp³-hybridized carbons (Fsp3) is 0.560. The van der Waals surface area contributed by atoms with Crippen molar-refractivity contribution in [3.8, 4) is 0 Å². The minimum atomic E-state index is -0.527. The van der Waals surface area contributed by atoms with Crippen molar-refractivity contribution in [1.29, 1.82) is 0 Å². The van der Waals surface area contributed by atoms with E-state index in [0.717, 1.165) is 42.4 Å². The highest BCUT2D eigenvalue weighted by Gasteiger charge is 2.58. The maximum atomic E-state index is 12.3. The maximum Gasteiger partial charge on any atom is 0.331 e. The molecule has 0 aromatic carbocycles. The van der Waals surface area contributed by atoms with E-state index in [0.29, 0.717) is 0 Å². The van der Waals surface area contributed by atoms with Crippen LogP contribution in [0.4, 0.5) is 0 Å². The summed E-state index contributed by atoms with van der Waals surface area (Å²) in [6.07, 6.45) is 14.7. The SMILES string of the molecule is C=C(C)/C=C/C[C@]1(C)/C=C/[C@@H](OC(=O)C=C(C)C)[C@]2(C)O[C@H]2CC/C(CO)=C/C1. The summed E-state index contributed by atoms with van der Waals surface area (Å²) < 4.78 is 11.8. The lowest BCUT2D eigenvalue weighted by atomic mass is 9.81. The predicted octanol–water partition coefficient (Wildman–Crippen LogP) is 5.21. The number of allylic oxidation sites excluding steroid dienone is 6. The third kappa shape index (κ3) is 6.83. The fourth-order valence-electron chi connectivity index (χ4n) is 3.62. The molecule has 2 rings (SSSR count). The molecule has 1 aliphatic heterocycles. The highest BCUT2D eigenvalue weighted by atomic mass is 16.6. The first-order valence-electron chi connectivity index (χ1n) is 10.4. The Bertz CT molecular complexity index is 738.